The molecule has 52 heavy (non-hydrogen) atoms. The SMILES string of the molecule is c1ccc(C2N=C(c3cccc4c3sc3ccccc34)NC(c3ccc(-n4c5ccccc5c5cc6ccccc6cc54)c4ccccc34)N2)cc1. The monoisotopic (exact) mass is 684 g/mol. The quantitative estimate of drug-likeness (QED) is 0.194. The number of hydrogen-bond acceptors (Lipinski definition) is 4. The van der Waals surface area contributed by atoms with Crippen molar-refractivity contribution >= 4 is 80.7 Å². The molecule has 10 aromatic rings. The Labute approximate surface area is 304 Å². The van der Waals surface area contributed by atoms with Crippen molar-refractivity contribution in [1.29, 1.82) is 0 Å². The van der Waals surface area contributed by atoms with Gasteiger partial charge in [-0.1, -0.05) is 133 Å². The fourth-order valence-electron chi connectivity index (χ4n) is 8.26. The molecule has 0 fully saturated rings. The predicted molar refractivity (Wildman–Crippen MR) is 220 cm³/mol. The number of hydrogen-bond donors (Lipinski definition) is 2. The minimum absolute atomic E-state index is 0.191. The van der Waals surface area contributed by atoms with Crippen LogP contribution >= 0.6 is 11.3 Å². The number of thiophene rings is 1. The summed E-state index contributed by atoms with van der Waals surface area (Å²) in [7, 11) is 0. The van der Waals surface area contributed by atoms with Crippen molar-refractivity contribution in [3.05, 3.63) is 187 Å². The molecule has 0 aliphatic carbocycles. The van der Waals surface area contributed by atoms with Crippen LogP contribution in [0.1, 0.15) is 29.0 Å². The van der Waals surface area contributed by atoms with Crippen LogP contribution < -0.4 is 10.6 Å². The maximum atomic E-state index is 5.35. The van der Waals surface area contributed by atoms with Crippen LogP contribution in [-0.4, -0.2) is 10.4 Å². The maximum absolute atomic E-state index is 5.35. The van der Waals surface area contributed by atoms with Gasteiger partial charge in [-0.3, -0.25) is 5.32 Å². The second kappa shape index (κ2) is 11.6. The highest BCUT2D eigenvalue weighted by Crippen LogP contribution is 2.40. The third-order valence-corrected chi connectivity index (χ3v) is 11.9. The van der Waals surface area contributed by atoms with Crippen LogP contribution in [0.5, 0.6) is 0 Å². The Morgan fingerprint density at radius 3 is 2.08 bits per heavy atom. The highest BCUT2D eigenvalue weighted by Gasteiger charge is 2.28. The molecule has 1 aliphatic rings. The maximum Gasteiger partial charge on any atom is 0.133 e. The second-order valence-corrected chi connectivity index (χ2v) is 14.7. The van der Waals surface area contributed by atoms with Crippen molar-refractivity contribution in [2.45, 2.75) is 12.3 Å². The molecule has 2 aromatic heterocycles. The van der Waals surface area contributed by atoms with Crippen LogP contribution in [0, 0.1) is 0 Å². The van der Waals surface area contributed by atoms with E-state index in [1.54, 1.807) is 0 Å². The van der Waals surface area contributed by atoms with Crippen molar-refractivity contribution in [3.8, 4) is 5.69 Å². The normalized spacial score (nSPS) is 16.3. The molecule has 3 heterocycles. The Balaban J connectivity index is 1.10. The number of aliphatic imine (C=N–C) groups is 1. The van der Waals surface area contributed by atoms with Crippen molar-refractivity contribution in [2.24, 2.45) is 4.99 Å². The third kappa shape index (κ3) is 4.53. The van der Waals surface area contributed by atoms with Gasteiger partial charge in [0.1, 0.15) is 18.2 Å². The molecule has 2 unspecified atom stereocenters. The minimum Gasteiger partial charge on any atom is -0.350 e. The molecule has 0 saturated heterocycles. The van der Waals surface area contributed by atoms with E-state index in [1.165, 1.54) is 74.8 Å². The molecular weight excluding hydrogens is 653 g/mol. The molecule has 246 valence electrons. The van der Waals surface area contributed by atoms with Gasteiger partial charge in [-0.15, -0.1) is 11.3 Å². The number of fused-ring (bicyclic) bond motifs is 8. The third-order valence-electron chi connectivity index (χ3n) is 10.7. The topological polar surface area (TPSA) is 41.4 Å². The van der Waals surface area contributed by atoms with Crippen LogP contribution in [0.15, 0.2) is 175 Å². The smallest absolute Gasteiger partial charge is 0.133 e. The van der Waals surface area contributed by atoms with Crippen LogP contribution in [-0.2, 0) is 0 Å². The number of nitrogens with one attached hydrogen (secondary N) is 2. The first-order chi connectivity index (χ1) is 25.8. The summed E-state index contributed by atoms with van der Waals surface area (Å²) < 4.78 is 4.99. The summed E-state index contributed by atoms with van der Waals surface area (Å²) in [4.78, 5) is 5.35. The van der Waals surface area contributed by atoms with Crippen molar-refractivity contribution in [3.63, 3.8) is 0 Å². The van der Waals surface area contributed by atoms with Gasteiger partial charge in [0.05, 0.1) is 16.7 Å². The summed E-state index contributed by atoms with van der Waals surface area (Å²) in [6.45, 7) is 0. The lowest BCUT2D eigenvalue weighted by molar-refractivity contribution is 0.411. The van der Waals surface area contributed by atoms with Gasteiger partial charge in [0.2, 0.25) is 0 Å². The first-order valence-corrected chi connectivity index (χ1v) is 18.6. The molecule has 1 aliphatic heterocycles. The van der Waals surface area contributed by atoms with E-state index in [2.05, 4.69) is 185 Å². The van der Waals surface area contributed by atoms with E-state index in [4.69, 9.17) is 4.99 Å². The van der Waals surface area contributed by atoms with Crippen LogP contribution in [0.25, 0.3) is 69.2 Å². The number of aromatic nitrogens is 1. The standard InChI is InChI=1S/C47H32N4S/c1-2-13-29(14-3-1)45-48-46(50-47(49-45)38-22-12-21-36-35-20-9-11-24-43(35)52-44(36)38)37-25-26-41(33-18-7-6-17-32(33)37)51-40-23-10-8-19-34(40)39-27-30-15-4-5-16-31(30)28-42(39)51/h1-28,45-46,48H,(H,49,50). The average molecular weight is 685 g/mol. The summed E-state index contributed by atoms with van der Waals surface area (Å²) >= 11 is 1.84. The fraction of sp³-hybridized carbons (Fsp3) is 0.0426. The molecule has 2 atom stereocenters. The summed E-state index contributed by atoms with van der Waals surface area (Å²) in [5.74, 6) is 0.900. The lowest BCUT2D eigenvalue weighted by Gasteiger charge is -2.33. The van der Waals surface area contributed by atoms with Crippen molar-refractivity contribution in [2.75, 3.05) is 0 Å². The van der Waals surface area contributed by atoms with Gasteiger partial charge in [0.15, 0.2) is 0 Å². The van der Waals surface area contributed by atoms with E-state index in [0.717, 1.165) is 17.0 Å². The van der Waals surface area contributed by atoms with E-state index in [1.807, 2.05) is 11.3 Å². The number of para-hydroxylation sites is 1. The van der Waals surface area contributed by atoms with Gasteiger partial charge >= 0.3 is 0 Å². The molecular formula is C47H32N4S. The van der Waals surface area contributed by atoms with Crippen molar-refractivity contribution < 1.29 is 0 Å². The first kappa shape index (κ1) is 29.5. The number of nitrogens with zero attached hydrogens (tertiary/aromatic N) is 2. The van der Waals surface area contributed by atoms with E-state index in [0.29, 0.717) is 0 Å². The predicted octanol–water partition coefficient (Wildman–Crippen LogP) is 11.8. The highest BCUT2D eigenvalue weighted by atomic mass is 32.1. The largest absolute Gasteiger partial charge is 0.350 e. The zero-order valence-corrected chi connectivity index (χ0v) is 28.9. The highest BCUT2D eigenvalue weighted by molar-refractivity contribution is 7.26. The number of rotatable bonds is 4. The molecule has 0 radical (unpaired) electrons. The van der Waals surface area contributed by atoms with Gasteiger partial charge < -0.3 is 9.88 Å². The lowest BCUT2D eigenvalue weighted by atomic mass is 9.98. The molecule has 2 N–H and O–H groups in total. The Bertz CT molecular complexity index is 3050. The molecule has 0 spiro atoms. The van der Waals surface area contributed by atoms with E-state index in [9.17, 15) is 0 Å². The van der Waals surface area contributed by atoms with Crippen LogP contribution in [0.3, 0.4) is 0 Å². The van der Waals surface area contributed by atoms with E-state index in [-0.39, 0.29) is 12.3 Å². The molecule has 5 heteroatoms. The Hall–Kier alpha value is -6.27. The minimum atomic E-state index is -0.226. The number of benzene rings is 8. The Kier molecular flexibility index (Phi) is 6.59. The van der Waals surface area contributed by atoms with Crippen LogP contribution in [0.4, 0.5) is 0 Å². The van der Waals surface area contributed by atoms with Gasteiger partial charge in [0.25, 0.3) is 0 Å². The molecule has 0 bridgehead atoms. The molecule has 8 aromatic carbocycles. The number of amidine groups is 1. The van der Waals surface area contributed by atoms with Gasteiger partial charge in [0, 0.05) is 41.9 Å². The van der Waals surface area contributed by atoms with Gasteiger partial charge in [-0.25, -0.2) is 4.99 Å². The summed E-state index contributed by atoms with van der Waals surface area (Å²) in [6.07, 6.45) is -0.417. The molecule has 0 amide bonds. The second-order valence-electron chi connectivity index (χ2n) is 13.6. The first-order valence-electron chi connectivity index (χ1n) is 17.8. The zero-order chi connectivity index (χ0) is 34.2. The van der Waals surface area contributed by atoms with Gasteiger partial charge in [-0.05, 0) is 63.7 Å². The summed E-state index contributed by atoms with van der Waals surface area (Å²) in [5, 5.41) is 17.7. The summed E-state index contributed by atoms with van der Waals surface area (Å²) in [6, 6.07) is 61.4. The molecule has 4 nitrogen and oxygen atoms in total. The van der Waals surface area contributed by atoms with Crippen LogP contribution in [0.2, 0.25) is 0 Å². The lowest BCUT2D eigenvalue weighted by Crippen LogP contribution is -2.45. The molecule has 0 saturated carbocycles. The Morgan fingerprint density at radius 2 is 1.21 bits per heavy atom. The summed E-state index contributed by atoms with van der Waals surface area (Å²) in [5.41, 5.74) is 7.02. The van der Waals surface area contributed by atoms with Gasteiger partial charge in [-0.2, -0.15) is 0 Å². The van der Waals surface area contributed by atoms with E-state index >= 15 is 0 Å². The fourth-order valence-corrected chi connectivity index (χ4v) is 9.48. The average Bonchev–Trinajstić information content (AvgIpc) is 3.75. The van der Waals surface area contributed by atoms with E-state index < -0.39 is 0 Å². The Morgan fingerprint density at radius 1 is 0.519 bits per heavy atom. The van der Waals surface area contributed by atoms with Crippen molar-refractivity contribution in [1.82, 2.24) is 15.2 Å². The zero-order valence-electron chi connectivity index (χ0n) is 28.1. The molecule has 11 rings (SSSR count).